The second-order valence-corrected chi connectivity index (χ2v) is 8.28. The van der Waals surface area contributed by atoms with Crippen LogP contribution in [0, 0.1) is 6.92 Å². The monoisotopic (exact) mass is 394 g/mol. The molecule has 0 aliphatic rings. The van der Waals surface area contributed by atoms with Crippen LogP contribution >= 0.6 is 0 Å². The maximum Gasteiger partial charge on any atom is 0.224 e. The summed E-state index contributed by atoms with van der Waals surface area (Å²) in [5, 5.41) is 2.97. The maximum absolute atomic E-state index is 12.5. The number of carbonyl (C=O) groups excluding carboxylic acids is 2. The van der Waals surface area contributed by atoms with Crippen molar-refractivity contribution in [3.05, 3.63) is 64.7 Å². The van der Waals surface area contributed by atoms with Crippen molar-refractivity contribution in [3.63, 3.8) is 0 Å². The third kappa shape index (κ3) is 6.18. The maximum atomic E-state index is 12.5. The number of nitrogens with zero attached hydrogens (tertiary/aromatic N) is 1. The molecule has 0 radical (unpaired) electrons. The molecule has 2 rings (SSSR count). The van der Waals surface area contributed by atoms with Crippen LogP contribution in [-0.2, 0) is 16.0 Å². The van der Waals surface area contributed by atoms with E-state index >= 15 is 0 Å². The van der Waals surface area contributed by atoms with Gasteiger partial charge in [-0.2, -0.15) is 0 Å². The number of rotatable bonds is 8. The van der Waals surface area contributed by atoms with Crippen LogP contribution in [0.25, 0.3) is 0 Å². The van der Waals surface area contributed by atoms with Gasteiger partial charge in [-0.25, -0.2) is 0 Å². The van der Waals surface area contributed by atoms with Gasteiger partial charge in [-0.1, -0.05) is 75.7 Å². The van der Waals surface area contributed by atoms with Crippen LogP contribution in [0.3, 0.4) is 0 Å². The Kier molecular flexibility index (Phi) is 8.00. The average Bonchev–Trinajstić information content (AvgIpc) is 2.66. The first-order chi connectivity index (χ1) is 13.7. The quantitative estimate of drug-likeness (QED) is 0.688. The predicted octanol–water partition coefficient (Wildman–Crippen LogP) is 4.95. The van der Waals surface area contributed by atoms with E-state index in [9.17, 15) is 9.59 Å². The van der Waals surface area contributed by atoms with Crippen molar-refractivity contribution in [2.24, 2.45) is 0 Å². The van der Waals surface area contributed by atoms with Crippen LogP contribution in [0.1, 0.15) is 68.7 Å². The van der Waals surface area contributed by atoms with Gasteiger partial charge in [-0.3, -0.25) is 9.59 Å². The minimum Gasteiger partial charge on any atom is -0.354 e. The van der Waals surface area contributed by atoms with Crippen molar-refractivity contribution in [1.82, 2.24) is 5.32 Å². The number of hydrogen-bond acceptors (Lipinski definition) is 2. The van der Waals surface area contributed by atoms with Gasteiger partial charge >= 0.3 is 0 Å². The number of amides is 2. The minimum absolute atomic E-state index is 0.00668. The number of anilines is 1. The molecule has 0 saturated heterocycles. The molecule has 0 aliphatic carbocycles. The second kappa shape index (κ2) is 10.2. The molecule has 0 unspecified atom stereocenters. The fourth-order valence-electron chi connectivity index (χ4n) is 3.51. The van der Waals surface area contributed by atoms with Crippen molar-refractivity contribution in [2.75, 3.05) is 18.0 Å². The number of aryl methyl sites for hydroxylation is 1. The van der Waals surface area contributed by atoms with Gasteiger partial charge in [0, 0.05) is 20.0 Å². The van der Waals surface area contributed by atoms with Crippen molar-refractivity contribution < 1.29 is 9.59 Å². The highest BCUT2D eigenvalue weighted by molar-refractivity contribution is 5.93. The first kappa shape index (κ1) is 22.7. The topological polar surface area (TPSA) is 49.4 Å². The summed E-state index contributed by atoms with van der Waals surface area (Å²) in [5.74, 6) is 0.578. The summed E-state index contributed by atoms with van der Waals surface area (Å²) in [6.45, 7) is 13.1. The van der Waals surface area contributed by atoms with E-state index in [1.165, 1.54) is 5.56 Å². The molecule has 4 nitrogen and oxygen atoms in total. The molecule has 0 heterocycles. The Bertz CT molecular complexity index is 812. The van der Waals surface area contributed by atoms with E-state index in [2.05, 4.69) is 51.2 Å². The summed E-state index contributed by atoms with van der Waals surface area (Å²) < 4.78 is 0. The molecule has 0 fully saturated rings. The molecule has 0 spiro atoms. The normalized spacial score (nSPS) is 11.0. The number of nitrogens with one attached hydrogen (secondary N) is 1. The SMILES string of the molecule is CC(=O)N(CCNC(=O)Cc1ccc(C)cc1)c1c(C(C)C)cccc1C(C)C. The summed E-state index contributed by atoms with van der Waals surface area (Å²) in [4.78, 5) is 26.6. The molecule has 0 saturated carbocycles. The first-order valence-electron chi connectivity index (χ1n) is 10.4. The van der Waals surface area contributed by atoms with Gasteiger partial charge in [0.25, 0.3) is 0 Å². The van der Waals surface area contributed by atoms with Crippen LogP contribution < -0.4 is 10.2 Å². The first-order valence-corrected chi connectivity index (χ1v) is 10.4. The summed E-state index contributed by atoms with van der Waals surface area (Å²) in [7, 11) is 0. The van der Waals surface area contributed by atoms with Crippen LogP contribution in [0.15, 0.2) is 42.5 Å². The fraction of sp³-hybridized carbons (Fsp3) is 0.440. The van der Waals surface area contributed by atoms with Crippen molar-refractivity contribution in [2.45, 2.75) is 59.8 Å². The molecule has 156 valence electrons. The number of para-hydroxylation sites is 1. The van der Waals surface area contributed by atoms with Gasteiger partial charge in [0.15, 0.2) is 0 Å². The highest BCUT2D eigenvalue weighted by Crippen LogP contribution is 2.35. The lowest BCUT2D eigenvalue weighted by molar-refractivity contribution is -0.121. The molecule has 2 aromatic carbocycles. The van der Waals surface area contributed by atoms with Crippen molar-refractivity contribution in [1.29, 1.82) is 0 Å². The predicted molar refractivity (Wildman–Crippen MR) is 121 cm³/mol. The summed E-state index contributed by atoms with van der Waals surface area (Å²) in [6, 6.07) is 14.2. The Morgan fingerprint density at radius 3 is 1.97 bits per heavy atom. The van der Waals surface area contributed by atoms with Crippen LogP contribution in [-0.4, -0.2) is 24.9 Å². The molecule has 4 heteroatoms. The number of hydrogen-bond donors (Lipinski definition) is 1. The lowest BCUT2D eigenvalue weighted by Gasteiger charge is -2.29. The molecule has 29 heavy (non-hydrogen) atoms. The van der Waals surface area contributed by atoms with Gasteiger partial charge in [0.2, 0.25) is 11.8 Å². The Balaban J connectivity index is 2.12. The van der Waals surface area contributed by atoms with Gasteiger partial charge in [-0.05, 0) is 35.4 Å². The third-order valence-corrected chi connectivity index (χ3v) is 5.14. The zero-order chi connectivity index (χ0) is 21.6. The Morgan fingerprint density at radius 2 is 1.48 bits per heavy atom. The molecule has 0 aliphatic heterocycles. The lowest BCUT2D eigenvalue weighted by Crippen LogP contribution is -2.39. The molecule has 1 N–H and O–H groups in total. The zero-order valence-corrected chi connectivity index (χ0v) is 18.6. The average molecular weight is 395 g/mol. The Hall–Kier alpha value is -2.62. The highest BCUT2D eigenvalue weighted by atomic mass is 16.2. The van der Waals surface area contributed by atoms with E-state index < -0.39 is 0 Å². The highest BCUT2D eigenvalue weighted by Gasteiger charge is 2.22. The summed E-state index contributed by atoms with van der Waals surface area (Å²) >= 11 is 0. The Labute approximate surface area is 175 Å². The third-order valence-electron chi connectivity index (χ3n) is 5.14. The van der Waals surface area contributed by atoms with Crippen LogP contribution in [0.2, 0.25) is 0 Å². The number of carbonyl (C=O) groups is 2. The van der Waals surface area contributed by atoms with Crippen LogP contribution in [0.4, 0.5) is 5.69 Å². The summed E-state index contributed by atoms with van der Waals surface area (Å²) in [5.41, 5.74) is 5.49. The summed E-state index contributed by atoms with van der Waals surface area (Å²) in [6.07, 6.45) is 0.347. The second-order valence-electron chi connectivity index (χ2n) is 8.28. The molecule has 2 aromatic rings. The molecule has 0 atom stereocenters. The minimum atomic E-state index is -0.0291. The van der Waals surface area contributed by atoms with E-state index in [1.54, 1.807) is 6.92 Å². The molecule has 0 aromatic heterocycles. The largest absolute Gasteiger partial charge is 0.354 e. The van der Waals surface area contributed by atoms with Gasteiger partial charge in [0.1, 0.15) is 0 Å². The molecule has 0 bridgehead atoms. The molecular formula is C25H34N2O2. The number of benzene rings is 2. The smallest absolute Gasteiger partial charge is 0.224 e. The van der Waals surface area contributed by atoms with Gasteiger partial charge < -0.3 is 10.2 Å². The van der Waals surface area contributed by atoms with Gasteiger partial charge in [-0.15, -0.1) is 0 Å². The van der Waals surface area contributed by atoms with E-state index in [4.69, 9.17) is 0 Å². The standard InChI is InChI=1S/C25H34N2O2/c1-17(2)22-8-7-9-23(18(3)4)25(22)27(20(6)28)15-14-26-24(29)16-21-12-10-19(5)11-13-21/h7-13,17-18H,14-16H2,1-6H3,(H,26,29). The zero-order valence-electron chi connectivity index (χ0n) is 18.6. The van der Waals surface area contributed by atoms with E-state index in [0.29, 0.717) is 31.3 Å². The Morgan fingerprint density at radius 1 is 0.931 bits per heavy atom. The fourth-order valence-corrected chi connectivity index (χ4v) is 3.51. The molecule has 2 amide bonds. The van der Waals surface area contributed by atoms with E-state index in [-0.39, 0.29) is 11.8 Å². The van der Waals surface area contributed by atoms with E-state index in [1.807, 2.05) is 36.1 Å². The van der Waals surface area contributed by atoms with Crippen molar-refractivity contribution >= 4 is 17.5 Å². The van der Waals surface area contributed by atoms with Crippen LogP contribution in [0.5, 0.6) is 0 Å². The molecular weight excluding hydrogens is 360 g/mol. The van der Waals surface area contributed by atoms with Gasteiger partial charge in [0.05, 0.1) is 12.1 Å². The van der Waals surface area contributed by atoms with E-state index in [0.717, 1.165) is 22.4 Å². The van der Waals surface area contributed by atoms with Crippen molar-refractivity contribution in [3.8, 4) is 0 Å². The lowest BCUT2D eigenvalue weighted by atomic mass is 9.92.